The van der Waals surface area contributed by atoms with E-state index in [-0.39, 0.29) is 60.4 Å². The summed E-state index contributed by atoms with van der Waals surface area (Å²) in [5, 5.41) is 10.5. The zero-order chi connectivity index (χ0) is 32.4. The molecule has 230 valence electrons. The van der Waals surface area contributed by atoms with E-state index in [1.165, 1.54) is 6.07 Å². The fourth-order valence-corrected chi connectivity index (χ4v) is 6.12. The molecule has 0 bridgehead atoms. The van der Waals surface area contributed by atoms with Gasteiger partial charge in [-0.25, -0.2) is 4.79 Å². The van der Waals surface area contributed by atoms with Gasteiger partial charge in [-0.3, -0.25) is 0 Å². The van der Waals surface area contributed by atoms with Crippen molar-refractivity contribution < 1.29 is 23.7 Å². The van der Waals surface area contributed by atoms with Crippen molar-refractivity contribution in [2.75, 3.05) is 6.61 Å². The van der Waals surface area contributed by atoms with Gasteiger partial charge in [-0.05, 0) is 35.9 Å². The van der Waals surface area contributed by atoms with Gasteiger partial charge in [0.05, 0.1) is 21.0 Å². The molecule has 0 aliphatic carbocycles. The number of nitrogens with two attached hydrogens (primary N) is 1. The number of esters is 1. The quantitative estimate of drug-likeness (QED) is 0.0829. The van der Waals surface area contributed by atoms with Crippen molar-refractivity contribution in [3.63, 3.8) is 0 Å². The van der Waals surface area contributed by atoms with Crippen LogP contribution in [0.1, 0.15) is 22.6 Å². The normalized spacial score (nSPS) is 13.9. The minimum absolute atomic E-state index is 0.0504. The number of halogens is 7. The van der Waals surface area contributed by atoms with Gasteiger partial charge in [-0.1, -0.05) is 105 Å². The summed E-state index contributed by atoms with van der Waals surface area (Å²) in [6.45, 7) is -0.398. The molecule has 0 aromatic heterocycles. The van der Waals surface area contributed by atoms with Crippen LogP contribution in [-0.2, 0) is 11.4 Å². The molecule has 0 saturated heterocycles. The zero-order valence-corrected chi connectivity index (χ0v) is 27.8. The summed E-state index contributed by atoms with van der Waals surface area (Å²) in [6.07, 6.45) is 0. The first-order valence-corrected chi connectivity index (χ1v) is 15.4. The Hall–Kier alpha value is -3.19. The van der Waals surface area contributed by atoms with E-state index in [0.717, 1.165) is 5.56 Å². The lowest BCUT2D eigenvalue weighted by Crippen LogP contribution is -2.22. The van der Waals surface area contributed by atoms with Gasteiger partial charge in [0.15, 0.2) is 12.4 Å². The third kappa shape index (κ3) is 7.14. The molecule has 0 fully saturated rings. The van der Waals surface area contributed by atoms with Crippen molar-refractivity contribution in [1.82, 2.24) is 0 Å². The van der Waals surface area contributed by atoms with E-state index in [9.17, 15) is 10.1 Å². The molecule has 14 heteroatoms. The molecule has 45 heavy (non-hydrogen) atoms. The summed E-state index contributed by atoms with van der Waals surface area (Å²) in [4.78, 5) is 12.6. The summed E-state index contributed by atoms with van der Waals surface area (Å²) in [5.41, 5.74) is 8.43. The maximum absolute atomic E-state index is 12.6. The molecular weight excluding hydrogens is 729 g/mol. The summed E-state index contributed by atoms with van der Waals surface area (Å²) >= 11 is 42.7. The minimum Gasteiger partial charge on any atom is -0.489 e. The van der Waals surface area contributed by atoms with Crippen molar-refractivity contribution in [3.8, 4) is 29.1 Å². The highest BCUT2D eigenvalue weighted by atomic mass is 35.5. The van der Waals surface area contributed by atoms with Gasteiger partial charge in [0.1, 0.15) is 45.5 Å². The van der Waals surface area contributed by atoms with Crippen molar-refractivity contribution in [3.05, 3.63) is 124 Å². The maximum atomic E-state index is 12.6. The Kier molecular flexibility index (Phi) is 10.4. The standard InChI is InChI=1S/C31H17Cl7N2O5/c32-16-5-4-15(21(33)9-16)12-42-17-3-1-2-14(8-17)24-19-7-6-18(10-22(19)45-31(40)20(24)11-39)44-23(41)13-43-30-28(37)26(35)25(34)27(36)29(30)38/h1-10,24H,12-13,40H2. The Morgan fingerprint density at radius 2 is 1.56 bits per heavy atom. The van der Waals surface area contributed by atoms with Crippen LogP contribution < -0.4 is 24.7 Å². The highest BCUT2D eigenvalue weighted by molar-refractivity contribution is 6.55. The lowest BCUT2D eigenvalue weighted by atomic mass is 9.83. The van der Waals surface area contributed by atoms with Crippen LogP contribution in [0.15, 0.2) is 72.1 Å². The molecule has 0 saturated carbocycles. The average Bonchev–Trinajstić information content (AvgIpc) is 3.01. The molecule has 1 heterocycles. The molecule has 7 nitrogen and oxygen atoms in total. The second kappa shape index (κ2) is 14.1. The Balaban J connectivity index is 1.34. The Morgan fingerprint density at radius 3 is 2.24 bits per heavy atom. The number of hydrogen-bond acceptors (Lipinski definition) is 7. The second-order valence-corrected chi connectivity index (χ2v) is 12.1. The van der Waals surface area contributed by atoms with Gasteiger partial charge in [-0.15, -0.1) is 0 Å². The fraction of sp³-hybridized carbons (Fsp3) is 0.0968. The molecule has 0 amide bonds. The van der Waals surface area contributed by atoms with E-state index in [0.29, 0.717) is 26.9 Å². The molecule has 1 unspecified atom stereocenters. The molecule has 1 atom stereocenters. The molecule has 0 radical (unpaired) electrons. The van der Waals surface area contributed by atoms with E-state index in [1.807, 2.05) is 6.07 Å². The number of benzene rings is 4. The lowest BCUT2D eigenvalue weighted by molar-refractivity contribution is -0.136. The first-order valence-electron chi connectivity index (χ1n) is 12.7. The van der Waals surface area contributed by atoms with Crippen molar-refractivity contribution in [2.45, 2.75) is 12.5 Å². The average molecular weight is 746 g/mol. The first-order chi connectivity index (χ1) is 21.5. The molecule has 4 aromatic carbocycles. The topological polar surface area (TPSA) is 104 Å². The largest absolute Gasteiger partial charge is 0.489 e. The summed E-state index contributed by atoms with van der Waals surface area (Å²) in [7, 11) is 0. The van der Waals surface area contributed by atoms with Crippen LogP contribution in [0, 0.1) is 11.3 Å². The number of carbonyl (C=O) groups excluding carboxylic acids is 1. The SMILES string of the molecule is N#CC1=C(N)Oc2cc(OC(=O)COc3c(Cl)c(Cl)c(Cl)c(Cl)c3Cl)ccc2C1c1cccc(OCc2ccc(Cl)cc2Cl)c1. The Morgan fingerprint density at radius 1 is 0.844 bits per heavy atom. The van der Waals surface area contributed by atoms with Crippen LogP contribution in [0.3, 0.4) is 0 Å². The van der Waals surface area contributed by atoms with E-state index in [4.69, 9.17) is 106 Å². The third-order valence-corrected chi connectivity index (χ3v) is 9.36. The number of nitrogens with zero attached hydrogens (tertiary/aromatic N) is 1. The Bertz CT molecular complexity index is 1880. The predicted molar refractivity (Wildman–Crippen MR) is 176 cm³/mol. The van der Waals surface area contributed by atoms with Crippen LogP contribution in [0.2, 0.25) is 35.2 Å². The number of fused-ring (bicyclic) bond motifs is 1. The monoisotopic (exact) mass is 742 g/mol. The zero-order valence-electron chi connectivity index (χ0n) is 22.5. The van der Waals surface area contributed by atoms with Gasteiger partial charge in [0.2, 0.25) is 5.88 Å². The van der Waals surface area contributed by atoms with Gasteiger partial charge >= 0.3 is 5.97 Å². The first kappa shape index (κ1) is 33.2. The maximum Gasteiger partial charge on any atom is 0.349 e. The minimum atomic E-state index is -0.802. The molecule has 4 aromatic rings. The molecule has 0 spiro atoms. The molecular formula is C31H17Cl7N2O5. The van der Waals surface area contributed by atoms with Gasteiger partial charge < -0.3 is 24.7 Å². The van der Waals surface area contributed by atoms with Crippen LogP contribution in [-0.4, -0.2) is 12.6 Å². The number of carbonyl (C=O) groups is 1. The number of allylic oxidation sites excluding steroid dienone is 1. The molecule has 2 N–H and O–H groups in total. The highest BCUT2D eigenvalue weighted by Gasteiger charge is 2.31. The number of hydrogen-bond donors (Lipinski definition) is 1. The number of rotatable bonds is 8. The van der Waals surface area contributed by atoms with E-state index in [1.54, 1.807) is 48.5 Å². The van der Waals surface area contributed by atoms with Gasteiger partial charge in [0, 0.05) is 27.2 Å². The van der Waals surface area contributed by atoms with E-state index >= 15 is 0 Å². The highest BCUT2D eigenvalue weighted by Crippen LogP contribution is 2.48. The third-order valence-electron chi connectivity index (χ3n) is 6.53. The van der Waals surface area contributed by atoms with Crippen molar-refractivity contribution in [1.29, 1.82) is 5.26 Å². The smallest absolute Gasteiger partial charge is 0.349 e. The fourth-order valence-electron chi connectivity index (χ4n) is 4.43. The second-order valence-electron chi connectivity index (χ2n) is 9.38. The molecule has 5 rings (SSSR count). The van der Waals surface area contributed by atoms with Crippen LogP contribution in [0.4, 0.5) is 0 Å². The molecule has 1 aliphatic rings. The van der Waals surface area contributed by atoms with Crippen LogP contribution >= 0.6 is 81.2 Å². The van der Waals surface area contributed by atoms with Crippen molar-refractivity contribution >= 4 is 87.2 Å². The van der Waals surface area contributed by atoms with Gasteiger partial charge in [-0.2, -0.15) is 5.26 Å². The Labute approximate surface area is 292 Å². The van der Waals surface area contributed by atoms with E-state index < -0.39 is 18.5 Å². The number of ether oxygens (including phenoxy) is 4. The number of nitriles is 1. The van der Waals surface area contributed by atoms with Gasteiger partial charge in [0.25, 0.3) is 0 Å². The molecule has 1 aliphatic heterocycles. The summed E-state index contributed by atoms with van der Waals surface area (Å²) in [6, 6.07) is 19.2. The van der Waals surface area contributed by atoms with Crippen LogP contribution in [0.25, 0.3) is 0 Å². The van der Waals surface area contributed by atoms with E-state index in [2.05, 4.69) is 6.07 Å². The summed E-state index contributed by atoms with van der Waals surface area (Å²) < 4.78 is 22.6. The predicted octanol–water partition coefficient (Wildman–Crippen LogP) is 10.0. The summed E-state index contributed by atoms with van der Waals surface area (Å²) in [5.74, 6) is -0.685. The van der Waals surface area contributed by atoms with Crippen LogP contribution in [0.5, 0.6) is 23.0 Å². The lowest BCUT2D eigenvalue weighted by Gasteiger charge is -2.27. The van der Waals surface area contributed by atoms with Crippen molar-refractivity contribution in [2.24, 2.45) is 5.73 Å².